The Morgan fingerprint density at radius 2 is 2.28 bits per heavy atom. The molecule has 1 aliphatic carbocycles. The number of amides is 1. The minimum absolute atomic E-state index is 0.0174. The molecule has 1 fully saturated rings. The van der Waals surface area contributed by atoms with Gasteiger partial charge < -0.3 is 16.0 Å². The van der Waals surface area contributed by atoms with Crippen LogP contribution >= 0.6 is 11.6 Å². The van der Waals surface area contributed by atoms with E-state index in [1.54, 1.807) is 18.2 Å². The predicted octanol–water partition coefficient (Wildman–Crippen LogP) is 1.88. The lowest BCUT2D eigenvalue weighted by atomic mass is 10.2. The highest BCUT2D eigenvalue weighted by atomic mass is 35.5. The standard InChI is InChI=1S/C13H18ClN3O/c1-17(8-13(18)16-7-9-2-3-9)12-6-10(14)4-5-11(12)15/h4-6,9H,2-3,7-8,15H2,1H3,(H,16,18). The van der Waals surface area contributed by atoms with Crippen molar-refractivity contribution in [2.75, 3.05) is 30.8 Å². The fraction of sp³-hybridized carbons (Fsp3) is 0.462. The molecule has 0 spiro atoms. The number of carbonyl (C=O) groups excluding carboxylic acids is 1. The van der Waals surface area contributed by atoms with Crippen LogP contribution in [0.5, 0.6) is 0 Å². The molecule has 1 amide bonds. The minimum atomic E-state index is 0.0174. The summed E-state index contributed by atoms with van der Waals surface area (Å²) in [6.45, 7) is 1.08. The maximum Gasteiger partial charge on any atom is 0.239 e. The Balaban J connectivity index is 1.90. The molecule has 1 saturated carbocycles. The maximum absolute atomic E-state index is 11.7. The molecule has 1 aliphatic rings. The highest BCUT2D eigenvalue weighted by Gasteiger charge is 2.21. The maximum atomic E-state index is 11.7. The van der Waals surface area contributed by atoms with E-state index in [1.165, 1.54) is 12.8 Å². The zero-order chi connectivity index (χ0) is 13.1. The number of anilines is 2. The number of hydrogen-bond acceptors (Lipinski definition) is 3. The quantitative estimate of drug-likeness (QED) is 0.801. The molecule has 98 valence electrons. The van der Waals surface area contributed by atoms with Crippen molar-refractivity contribution >= 4 is 28.9 Å². The number of rotatable bonds is 5. The van der Waals surface area contributed by atoms with E-state index < -0.39 is 0 Å². The van der Waals surface area contributed by atoms with Gasteiger partial charge in [0.2, 0.25) is 5.91 Å². The lowest BCUT2D eigenvalue weighted by Gasteiger charge is -2.20. The van der Waals surface area contributed by atoms with Gasteiger partial charge in [0.25, 0.3) is 0 Å². The van der Waals surface area contributed by atoms with E-state index in [0.717, 1.165) is 12.2 Å². The molecular formula is C13H18ClN3O. The number of nitrogen functional groups attached to an aromatic ring is 1. The highest BCUT2D eigenvalue weighted by Crippen LogP contribution is 2.28. The Bertz CT molecular complexity index is 446. The van der Waals surface area contributed by atoms with Crippen LogP contribution in [-0.2, 0) is 4.79 Å². The summed E-state index contributed by atoms with van der Waals surface area (Å²) in [7, 11) is 1.83. The first kappa shape index (κ1) is 13.0. The van der Waals surface area contributed by atoms with Gasteiger partial charge in [0.15, 0.2) is 0 Å². The summed E-state index contributed by atoms with van der Waals surface area (Å²) in [6.07, 6.45) is 2.47. The number of carbonyl (C=O) groups is 1. The number of nitrogens with two attached hydrogens (primary N) is 1. The van der Waals surface area contributed by atoms with Crippen molar-refractivity contribution in [1.29, 1.82) is 0 Å². The summed E-state index contributed by atoms with van der Waals surface area (Å²) in [5.74, 6) is 0.708. The van der Waals surface area contributed by atoms with E-state index in [2.05, 4.69) is 5.32 Å². The fourth-order valence-corrected chi connectivity index (χ4v) is 1.95. The van der Waals surface area contributed by atoms with Crippen molar-refractivity contribution in [2.45, 2.75) is 12.8 Å². The van der Waals surface area contributed by atoms with Crippen LogP contribution in [0.4, 0.5) is 11.4 Å². The van der Waals surface area contributed by atoms with Gasteiger partial charge in [0.1, 0.15) is 0 Å². The van der Waals surface area contributed by atoms with Crippen LogP contribution < -0.4 is 16.0 Å². The van der Waals surface area contributed by atoms with Gasteiger partial charge in [0, 0.05) is 18.6 Å². The lowest BCUT2D eigenvalue weighted by Crippen LogP contribution is -2.36. The minimum Gasteiger partial charge on any atom is -0.397 e. The van der Waals surface area contributed by atoms with Crippen molar-refractivity contribution in [3.63, 3.8) is 0 Å². The summed E-state index contributed by atoms with van der Waals surface area (Å²) in [6, 6.07) is 5.25. The summed E-state index contributed by atoms with van der Waals surface area (Å²) in [5.41, 5.74) is 7.27. The molecule has 0 unspecified atom stereocenters. The summed E-state index contributed by atoms with van der Waals surface area (Å²) in [5, 5.41) is 3.54. The number of benzene rings is 1. The number of halogens is 1. The third kappa shape index (κ3) is 3.53. The average Bonchev–Trinajstić information content (AvgIpc) is 3.13. The summed E-state index contributed by atoms with van der Waals surface area (Å²) in [4.78, 5) is 13.5. The second-order valence-electron chi connectivity index (χ2n) is 4.81. The molecule has 18 heavy (non-hydrogen) atoms. The number of hydrogen-bond donors (Lipinski definition) is 2. The van der Waals surface area contributed by atoms with Gasteiger partial charge in [-0.3, -0.25) is 4.79 Å². The fourth-order valence-electron chi connectivity index (χ4n) is 1.78. The Morgan fingerprint density at radius 1 is 1.56 bits per heavy atom. The molecule has 0 saturated heterocycles. The van der Waals surface area contributed by atoms with E-state index in [4.69, 9.17) is 17.3 Å². The second kappa shape index (κ2) is 5.48. The first-order valence-electron chi connectivity index (χ1n) is 6.09. The van der Waals surface area contributed by atoms with Crippen molar-refractivity contribution in [2.24, 2.45) is 5.92 Å². The summed E-state index contributed by atoms with van der Waals surface area (Å²) < 4.78 is 0. The van der Waals surface area contributed by atoms with Crippen molar-refractivity contribution in [1.82, 2.24) is 5.32 Å². The highest BCUT2D eigenvalue weighted by molar-refractivity contribution is 6.31. The molecule has 5 heteroatoms. The first-order valence-corrected chi connectivity index (χ1v) is 6.47. The van der Waals surface area contributed by atoms with Gasteiger partial charge in [-0.15, -0.1) is 0 Å². The van der Waals surface area contributed by atoms with Crippen molar-refractivity contribution < 1.29 is 4.79 Å². The van der Waals surface area contributed by atoms with E-state index in [-0.39, 0.29) is 12.5 Å². The van der Waals surface area contributed by atoms with Gasteiger partial charge in [-0.25, -0.2) is 0 Å². The monoisotopic (exact) mass is 267 g/mol. The van der Waals surface area contributed by atoms with Crippen LogP contribution in [-0.4, -0.2) is 26.0 Å². The third-order valence-corrected chi connectivity index (χ3v) is 3.30. The smallest absolute Gasteiger partial charge is 0.239 e. The molecule has 0 aromatic heterocycles. The zero-order valence-electron chi connectivity index (χ0n) is 10.4. The largest absolute Gasteiger partial charge is 0.397 e. The van der Waals surface area contributed by atoms with Crippen LogP contribution in [0, 0.1) is 5.92 Å². The van der Waals surface area contributed by atoms with E-state index >= 15 is 0 Å². The molecule has 3 N–H and O–H groups in total. The molecule has 0 bridgehead atoms. The Kier molecular flexibility index (Phi) is 3.97. The summed E-state index contributed by atoms with van der Waals surface area (Å²) >= 11 is 5.93. The first-order chi connectivity index (χ1) is 8.56. The third-order valence-electron chi connectivity index (χ3n) is 3.07. The Labute approximate surface area is 112 Å². The Morgan fingerprint density at radius 3 is 2.94 bits per heavy atom. The average molecular weight is 268 g/mol. The van der Waals surface area contributed by atoms with Crippen molar-refractivity contribution in [3.05, 3.63) is 23.2 Å². The second-order valence-corrected chi connectivity index (χ2v) is 5.24. The van der Waals surface area contributed by atoms with Gasteiger partial charge in [-0.2, -0.15) is 0 Å². The predicted molar refractivity (Wildman–Crippen MR) is 74.9 cm³/mol. The molecule has 4 nitrogen and oxygen atoms in total. The number of likely N-dealkylation sites (N-methyl/N-ethyl adjacent to an activating group) is 1. The van der Waals surface area contributed by atoms with Crippen LogP contribution in [0.1, 0.15) is 12.8 Å². The topological polar surface area (TPSA) is 58.4 Å². The van der Waals surface area contributed by atoms with E-state index in [0.29, 0.717) is 16.6 Å². The molecule has 0 aliphatic heterocycles. The Hall–Kier alpha value is -1.42. The van der Waals surface area contributed by atoms with Gasteiger partial charge >= 0.3 is 0 Å². The lowest BCUT2D eigenvalue weighted by molar-refractivity contribution is -0.119. The van der Waals surface area contributed by atoms with Crippen LogP contribution in [0.2, 0.25) is 5.02 Å². The van der Waals surface area contributed by atoms with E-state index in [9.17, 15) is 4.79 Å². The molecule has 0 radical (unpaired) electrons. The van der Waals surface area contributed by atoms with Gasteiger partial charge in [-0.05, 0) is 37.0 Å². The van der Waals surface area contributed by atoms with Crippen molar-refractivity contribution in [3.8, 4) is 0 Å². The zero-order valence-corrected chi connectivity index (χ0v) is 11.2. The molecule has 1 aromatic rings. The molecule has 0 heterocycles. The number of nitrogens with one attached hydrogen (secondary N) is 1. The van der Waals surface area contributed by atoms with Crippen LogP contribution in [0.3, 0.4) is 0 Å². The van der Waals surface area contributed by atoms with E-state index in [1.807, 2.05) is 11.9 Å². The normalized spacial score (nSPS) is 14.3. The molecule has 0 atom stereocenters. The van der Waals surface area contributed by atoms with Crippen LogP contribution in [0.15, 0.2) is 18.2 Å². The SMILES string of the molecule is CN(CC(=O)NCC1CC1)c1cc(Cl)ccc1N. The molecule has 2 rings (SSSR count). The molecule has 1 aromatic carbocycles. The number of nitrogens with zero attached hydrogens (tertiary/aromatic N) is 1. The van der Waals surface area contributed by atoms with Crippen LogP contribution in [0.25, 0.3) is 0 Å². The van der Waals surface area contributed by atoms with Gasteiger partial charge in [0.05, 0.1) is 17.9 Å². The van der Waals surface area contributed by atoms with Gasteiger partial charge in [-0.1, -0.05) is 11.6 Å². The molecular weight excluding hydrogens is 250 g/mol.